The first-order valence-electron chi connectivity index (χ1n) is 12.0. The lowest BCUT2D eigenvalue weighted by molar-refractivity contribution is 0.111. The van der Waals surface area contributed by atoms with Crippen LogP contribution >= 0.6 is 23.5 Å². The number of nitrogens with one attached hydrogen (secondary N) is 1. The first-order chi connectivity index (χ1) is 18.9. The van der Waals surface area contributed by atoms with E-state index in [1.807, 2.05) is 54.5 Å². The smallest absolute Gasteiger partial charge is 0.167 e. The minimum Gasteiger partial charge on any atom is -0.398 e. The molecular formula is C28H30N8OS2. The van der Waals surface area contributed by atoms with Crippen LogP contribution in [-0.2, 0) is 25.2 Å². The van der Waals surface area contributed by atoms with Crippen LogP contribution < -0.4 is 5.73 Å². The number of aldehydes is 1. The van der Waals surface area contributed by atoms with Crippen LogP contribution in [0, 0.1) is 5.41 Å². The number of carbonyl (C=O) groups excluding carboxylic acids is 1. The van der Waals surface area contributed by atoms with Crippen molar-refractivity contribution in [2.75, 3.05) is 12.8 Å². The molecule has 0 amide bonds. The number of anilines is 1. The molecule has 9 nitrogen and oxygen atoms in total. The molecule has 0 fully saturated rings. The Kier molecular flexibility index (Phi) is 9.40. The summed E-state index contributed by atoms with van der Waals surface area (Å²) in [5, 5.41) is 14.0. The zero-order valence-corrected chi connectivity index (χ0v) is 23.5. The number of benzene rings is 2. The van der Waals surface area contributed by atoms with Crippen LogP contribution in [0.3, 0.4) is 0 Å². The molecule has 3 N–H and O–H groups in total. The largest absolute Gasteiger partial charge is 0.398 e. The summed E-state index contributed by atoms with van der Waals surface area (Å²) in [7, 11) is 3.62. The van der Waals surface area contributed by atoms with Gasteiger partial charge in [-0.2, -0.15) is 5.10 Å². The van der Waals surface area contributed by atoms with Crippen molar-refractivity contribution < 1.29 is 4.79 Å². The molecule has 11 heteroatoms. The number of aliphatic imine (C=N–C) groups is 1. The highest BCUT2D eigenvalue weighted by molar-refractivity contribution is 7.98. The normalized spacial score (nSPS) is 11.1. The molecule has 0 saturated carbocycles. The number of imidazole rings is 1. The fraction of sp³-hybridized carbons (Fsp3) is 0.179. The van der Waals surface area contributed by atoms with Crippen molar-refractivity contribution in [3.8, 4) is 0 Å². The summed E-state index contributed by atoms with van der Waals surface area (Å²) in [6.45, 7) is 4.17. The van der Waals surface area contributed by atoms with E-state index in [2.05, 4.69) is 33.9 Å². The van der Waals surface area contributed by atoms with Gasteiger partial charge in [0.1, 0.15) is 5.82 Å². The van der Waals surface area contributed by atoms with Crippen molar-refractivity contribution in [2.45, 2.75) is 28.0 Å². The van der Waals surface area contributed by atoms with Gasteiger partial charge in [0, 0.05) is 54.0 Å². The highest BCUT2D eigenvalue weighted by atomic mass is 32.2. The maximum Gasteiger partial charge on any atom is 0.167 e. The quantitative estimate of drug-likeness (QED) is 0.0740. The lowest BCUT2D eigenvalue weighted by atomic mass is 10.1. The molecule has 39 heavy (non-hydrogen) atoms. The molecule has 2 aromatic carbocycles. The zero-order valence-electron chi connectivity index (χ0n) is 21.8. The molecule has 0 unspecified atom stereocenters. The average Bonchev–Trinajstić information content (AvgIpc) is 3.50. The number of nitrogens with zero attached hydrogens (tertiary/aromatic N) is 6. The van der Waals surface area contributed by atoms with Gasteiger partial charge < -0.3 is 20.3 Å². The fourth-order valence-corrected chi connectivity index (χ4v) is 5.90. The van der Waals surface area contributed by atoms with Gasteiger partial charge in [-0.25, -0.2) is 9.98 Å². The predicted molar refractivity (Wildman–Crippen MR) is 162 cm³/mol. The van der Waals surface area contributed by atoms with Crippen molar-refractivity contribution in [3.63, 3.8) is 0 Å². The molecule has 0 aliphatic heterocycles. The number of thioether (sulfide) groups is 2. The number of carbonyl (C=O) groups is 1. The Morgan fingerprint density at radius 3 is 2.67 bits per heavy atom. The topological polar surface area (TPSA) is 118 Å². The maximum absolute atomic E-state index is 12.0. The van der Waals surface area contributed by atoms with Crippen LogP contribution in [0.2, 0.25) is 0 Å². The Balaban J connectivity index is 1.50. The summed E-state index contributed by atoms with van der Waals surface area (Å²) in [5.41, 5.74) is 10.2. The molecule has 0 radical (unpaired) electrons. The van der Waals surface area contributed by atoms with Gasteiger partial charge in [-0.15, -0.1) is 11.8 Å². The van der Waals surface area contributed by atoms with Crippen LogP contribution in [0.1, 0.15) is 32.9 Å². The van der Waals surface area contributed by atoms with Gasteiger partial charge in [0.2, 0.25) is 0 Å². The van der Waals surface area contributed by atoms with Crippen molar-refractivity contribution in [1.29, 1.82) is 5.41 Å². The second-order valence-corrected chi connectivity index (χ2v) is 10.7. The summed E-state index contributed by atoms with van der Waals surface area (Å²) in [4.78, 5) is 22.8. The molecule has 200 valence electrons. The van der Waals surface area contributed by atoms with E-state index in [1.54, 1.807) is 40.7 Å². The van der Waals surface area contributed by atoms with E-state index in [4.69, 9.17) is 11.1 Å². The number of nitrogen functional groups attached to an aromatic ring is 1. The van der Waals surface area contributed by atoms with Crippen LogP contribution in [0.15, 0.2) is 80.9 Å². The third-order valence-electron chi connectivity index (χ3n) is 6.00. The van der Waals surface area contributed by atoms with Crippen LogP contribution in [0.4, 0.5) is 11.5 Å². The minimum atomic E-state index is 0.448. The van der Waals surface area contributed by atoms with Gasteiger partial charge in [-0.1, -0.05) is 42.1 Å². The lowest BCUT2D eigenvalue weighted by Gasteiger charge is -2.15. The number of hydrogen-bond acceptors (Lipinski definition) is 9. The predicted octanol–water partition coefficient (Wildman–Crippen LogP) is 5.45. The summed E-state index contributed by atoms with van der Waals surface area (Å²) < 4.78 is 3.74. The number of hydrogen-bond donors (Lipinski definition) is 2. The molecule has 0 aliphatic carbocycles. The van der Waals surface area contributed by atoms with Crippen LogP contribution in [0.25, 0.3) is 0 Å². The highest BCUT2D eigenvalue weighted by Crippen LogP contribution is 2.37. The second kappa shape index (κ2) is 13.1. The van der Waals surface area contributed by atoms with Gasteiger partial charge in [-0.3, -0.25) is 9.80 Å². The third-order valence-corrected chi connectivity index (χ3v) is 8.16. The molecule has 4 aromatic rings. The highest BCUT2D eigenvalue weighted by Gasteiger charge is 2.20. The summed E-state index contributed by atoms with van der Waals surface area (Å²) in [5.74, 6) is 1.96. The molecule has 0 spiro atoms. The monoisotopic (exact) mass is 558 g/mol. The average molecular weight is 559 g/mol. The molecular weight excluding hydrogens is 528 g/mol. The molecule has 0 aliphatic rings. The number of rotatable bonds is 13. The van der Waals surface area contributed by atoms with E-state index in [0.29, 0.717) is 40.7 Å². The molecule has 0 bridgehead atoms. The second-order valence-electron chi connectivity index (χ2n) is 8.67. The molecule has 2 aromatic heterocycles. The molecule has 0 atom stereocenters. The summed E-state index contributed by atoms with van der Waals surface area (Å²) >= 11 is 3.28. The van der Waals surface area contributed by atoms with Crippen LogP contribution in [0.5, 0.6) is 0 Å². The van der Waals surface area contributed by atoms with E-state index in [0.717, 1.165) is 28.2 Å². The molecule has 0 saturated heterocycles. The Morgan fingerprint density at radius 2 is 1.95 bits per heavy atom. The Bertz CT molecular complexity index is 1490. The number of aromatic nitrogens is 3. The van der Waals surface area contributed by atoms with E-state index < -0.39 is 0 Å². The first-order valence-corrected chi connectivity index (χ1v) is 14.0. The van der Waals surface area contributed by atoms with Gasteiger partial charge in [0.25, 0.3) is 0 Å². The first kappa shape index (κ1) is 27.9. The SMILES string of the molecule is C=Nc1c(SCn2cnc(CSc3ccccc3)c2)c(/C=N\N(C)Cc2cccc(N)c2C=N)c(C=O)n1C. The fourth-order valence-electron chi connectivity index (χ4n) is 4.03. The Labute approximate surface area is 236 Å². The maximum atomic E-state index is 12.0. The lowest BCUT2D eigenvalue weighted by Crippen LogP contribution is -2.13. The van der Waals surface area contributed by atoms with Crippen molar-refractivity contribution >= 4 is 60.5 Å². The minimum absolute atomic E-state index is 0.448. The van der Waals surface area contributed by atoms with Gasteiger partial charge in [0.15, 0.2) is 6.29 Å². The molecule has 2 heterocycles. The van der Waals surface area contributed by atoms with Gasteiger partial charge in [-0.05, 0) is 30.5 Å². The van der Waals surface area contributed by atoms with E-state index >= 15 is 0 Å². The Morgan fingerprint density at radius 1 is 1.15 bits per heavy atom. The summed E-state index contributed by atoms with van der Waals surface area (Å²) in [6, 6.07) is 15.8. The van der Waals surface area contributed by atoms with Crippen molar-refractivity contribution in [2.24, 2.45) is 17.1 Å². The van der Waals surface area contributed by atoms with Gasteiger partial charge in [0.05, 0.1) is 41.2 Å². The van der Waals surface area contributed by atoms with Crippen LogP contribution in [-0.4, -0.2) is 51.6 Å². The third kappa shape index (κ3) is 6.68. The van der Waals surface area contributed by atoms with Gasteiger partial charge >= 0.3 is 0 Å². The van der Waals surface area contributed by atoms with Crippen molar-refractivity contribution in [3.05, 3.63) is 89.1 Å². The summed E-state index contributed by atoms with van der Waals surface area (Å²) in [6.07, 6.45) is 7.57. The Hall–Kier alpha value is -4.09. The van der Waals surface area contributed by atoms with E-state index in [1.165, 1.54) is 22.9 Å². The van der Waals surface area contributed by atoms with Crippen molar-refractivity contribution in [1.82, 2.24) is 19.1 Å². The molecule has 4 rings (SSSR count). The van der Waals surface area contributed by atoms with E-state index in [-0.39, 0.29) is 0 Å². The number of hydrazone groups is 1. The number of nitrogens with two attached hydrogens (primary N) is 1. The van der Waals surface area contributed by atoms with E-state index in [9.17, 15) is 4.79 Å². The zero-order chi connectivity index (χ0) is 27.8. The standard InChI is InChI=1S/C28H30N8OS2/c1-31-28-27(39-19-36-15-21(32-18-36)17-38-22-9-5-4-6-10-22)24(26(16-37)35(28)3)13-33-34(2)14-20-8-7-11-25(30)23(20)12-29/h4-13,15-16,18,29H,1,14,17,19,30H2,2-3H3/b29-12?,33-13-.